The van der Waals surface area contributed by atoms with Crippen molar-refractivity contribution in [2.24, 2.45) is 5.41 Å². The fourth-order valence-corrected chi connectivity index (χ4v) is 6.37. The van der Waals surface area contributed by atoms with Crippen LogP contribution >= 0.6 is 0 Å². The van der Waals surface area contributed by atoms with Crippen molar-refractivity contribution in [3.63, 3.8) is 0 Å². The maximum Gasteiger partial charge on any atom is 0.0770 e. The van der Waals surface area contributed by atoms with E-state index in [4.69, 9.17) is 0 Å². The van der Waals surface area contributed by atoms with Crippen LogP contribution in [0.5, 0.6) is 0 Å². The van der Waals surface area contributed by atoms with Crippen LogP contribution in [0.15, 0.2) is 0 Å². The molecule has 0 saturated carbocycles. The molecule has 0 fully saturated rings. The zero-order valence-corrected chi connectivity index (χ0v) is 30.5. The molecule has 0 amide bonds. The van der Waals surface area contributed by atoms with Crippen molar-refractivity contribution in [2.75, 3.05) is 19.6 Å². The second-order valence-electron chi connectivity index (χ2n) is 14.9. The number of nitrogens with one attached hydrogen (secondary N) is 1. The van der Waals surface area contributed by atoms with Crippen LogP contribution < -0.4 is 17.3 Å². The van der Waals surface area contributed by atoms with Crippen LogP contribution in [-0.4, -0.2) is 19.6 Å². The summed E-state index contributed by atoms with van der Waals surface area (Å²) >= 11 is 0. The van der Waals surface area contributed by atoms with Crippen molar-refractivity contribution in [2.45, 2.75) is 227 Å². The van der Waals surface area contributed by atoms with Gasteiger partial charge in [-0.2, -0.15) is 0 Å². The Labute approximate surface area is 269 Å². The maximum absolute atomic E-state index is 2.38. The predicted octanol–water partition coefficient (Wildman–Crippen LogP) is 9.66. The highest BCUT2D eigenvalue weighted by Gasteiger charge is 2.09. The van der Waals surface area contributed by atoms with Crippen molar-refractivity contribution >= 4 is 0 Å². The Kier molecular flexibility index (Phi) is 36.8. The van der Waals surface area contributed by atoms with Crippen LogP contribution in [-0.2, 0) is 0 Å². The Morgan fingerprint density at radius 1 is 0.317 bits per heavy atom. The van der Waals surface area contributed by atoms with Crippen LogP contribution in [0.3, 0.4) is 0 Å². The highest BCUT2D eigenvalue weighted by molar-refractivity contribution is 4.61. The minimum Gasteiger partial charge on any atom is -1.00 e. The van der Waals surface area contributed by atoms with Gasteiger partial charge < -0.3 is 17.3 Å². The summed E-state index contributed by atoms with van der Waals surface area (Å²) in [6.45, 7) is 16.1. The van der Waals surface area contributed by atoms with Gasteiger partial charge in [-0.15, -0.1) is 0 Å². The fraction of sp³-hybridized carbons (Fsp3) is 1.00. The minimum atomic E-state index is 0. The van der Waals surface area contributed by atoms with E-state index < -0.39 is 0 Å². The summed E-state index contributed by atoms with van der Waals surface area (Å²) in [7, 11) is 0. The average Bonchev–Trinajstić information content (AvgIpc) is 2.92. The summed E-state index contributed by atoms with van der Waals surface area (Å²) in [4.78, 5) is 1.94. The number of hydrogen-bond donors (Lipinski definition) is 1. The summed E-state index contributed by atoms with van der Waals surface area (Å²) in [5, 5.41) is 0. The third-order valence-electron chi connectivity index (χ3n) is 9.22. The molecule has 41 heavy (non-hydrogen) atoms. The molecule has 0 atom stereocenters. The first-order chi connectivity index (χ1) is 19.5. The zero-order chi connectivity index (χ0) is 29.4. The van der Waals surface area contributed by atoms with Crippen molar-refractivity contribution in [1.29, 1.82) is 0 Å². The molecule has 0 bridgehead atoms. The van der Waals surface area contributed by atoms with Crippen molar-refractivity contribution in [1.82, 2.24) is 0 Å². The van der Waals surface area contributed by atoms with E-state index in [0.29, 0.717) is 5.41 Å². The molecule has 250 valence electrons. The Morgan fingerprint density at radius 3 is 0.780 bits per heavy atom. The van der Waals surface area contributed by atoms with Gasteiger partial charge in [0.15, 0.2) is 0 Å². The number of quaternary nitrogens is 1. The van der Waals surface area contributed by atoms with E-state index in [0.717, 1.165) is 0 Å². The molecule has 0 aliphatic heterocycles. The molecule has 0 aromatic rings. The third-order valence-corrected chi connectivity index (χ3v) is 9.22. The van der Waals surface area contributed by atoms with E-state index in [1.165, 1.54) is 212 Å². The molecule has 0 radical (unpaired) electrons. The van der Waals surface area contributed by atoms with Crippen molar-refractivity contribution in [3.8, 4) is 0 Å². The molecule has 0 aliphatic carbocycles. The molecule has 0 spiro atoms. The topological polar surface area (TPSA) is 4.44 Å². The molecule has 0 rings (SSSR count). The monoisotopic (exact) mass is 600 g/mol. The van der Waals surface area contributed by atoms with Gasteiger partial charge in [0.05, 0.1) is 19.6 Å². The lowest BCUT2D eigenvalue weighted by Gasteiger charge is -2.20. The van der Waals surface area contributed by atoms with Gasteiger partial charge in [0, 0.05) is 0 Å². The number of halogens is 1. The van der Waals surface area contributed by atoms with E-state index >= 15 is 0 Å². The molecule has 0 unspecified atom stereocenters. The van der Waals surface area contributed by atoms with Gasteiger partial charge in [-0.3, -0.25) is 0 Å². The van der Waals surface area contributed by atoms with Crippen LogP contribution in [0.1, 0.15) is 227 Å². The summed E-state index contributed by atoms with van der Waals surface area (Å²) in [6.07, 6.45) is 43.8. The maximum atomic E-state index is 2.38. The number of hydrogen-bond acceptors (Lipinski definition) is 0. The molecule has 1 nitrogen and oxygen atoms in total. The molecule has 0 aliphatic rings. The van der Waals surface area contributed by atoms with E-state index in [-0.39, 0.29) is 12.4 Å². The van der Waals surface area contributed by atoms with E-state index in [1.54, 1.807) is 0 Å². The largest absolute Gasteiger partial charge is 1.00 e. The number of rotatable bonds is 33. The van der Waals surface area contributed by atoms with Gasteiger partial charge in [0.25, 0.3) is 0 Å². The van der Waals surface area contributed by atoms with Crippen molar-refractivity contribution in [3.05, 3.63) is 0 Å². The van der Waals surface area contributed by atoms with Crippen molar-refractivity contribution < 1.29 is 17.3 Å². The van der Waals surface area contributed by atoms with Crippen LogP contribution in [0.2, 0.25) is 0 Å². The lowest BCUT2D eigenvalue weighted by Crippen LogP contribution is -3.12. The van der Waals surface area contributed by atoms with E-state index in [9.17, 15) is 0 Å². The van der Waals surface area contributed by atoms with E-state index in [2.05, 4.69) is 34.6 Å². The number of unbranched alkanes of at least 4 members (excludes halogenated alkanes) is 26. The highest BCUT2D eigenvalue weighted by Crippen LogP contribution is 2.22. The van der Waals surface area contributed by atoms with Gasteiger partial charge in [-0.05, 0) is 50.4 Å². The van der Waals surface area contributed by atoms with Gasteiger partial charge in [-0.1, -0.05) is 182 Å². The summed E-state index contributed by atoms with van der Waals surface area (Å²) in [5.41, 5.74) is 0.525. The predicted molar refractivity (Wildman–Crippen MR) is 185 cm³/mol. The Balaban J connectivity index is 0. The lowest BCUT2D eigenvalue weighted by molar-refractivity contribution is -0.900. The lowest BCUT2D eigenvalue weighted by atomic mass is 9.89. The molecule has 0 aromatic carbocycles. The first-order valence-electron chi connectivity index (χ1n) is 19.3. The fourth-order valence-electron chi connectivity index (χ4n) is 6.37. The summed E-state index contributed by atoms with van der Waals surface area (Å²) < 4.78 is 0. The first-order valence-corrected chi connectivity index (χ1v) is 19.3. The second-order valence-corrected chi connectivity index (χ2v) is 14.9. The van der Waals surface area contributed by atoms with Gasteiger partial charge >= 0.3 is 0 Å². The average molecular weight is 601 g/mol. The first kappa shape index (κ1) is 43.4. The second kappa shape index (κ2) is 34.7. The normalized spacial score (nSPS) is 11.9. The molecular weight excluding hydrogens is 518 g/mol. The Bertz CT molecular complexity index is 433. The Hall–Kier alpha value is 0.250. The highest BCUT2D eigenvalue weighted by atomic mass is 35.5. The Morgan fingerprint density at radius 2 is 0.537 bits per heavy atom. The molecule has 0 aromatic heterocycles. The standard InChI is InChI=1S/C39H81N.ClH/c1-6-8-10-12-14-16-20-24-28-32-36-40(37-33-29-25-21-17-15-13-11-9-7-2)38-34-30-26-22-18-19-23-27-31-35-39(3,4)5;/h6-38H2,1-5H3;1H. The molecule has 2 heteroatoms. The molecule has 0 heterocycles. The molecule has 0 saturated heterocycles. The van der Waals surface area contributed by atoms with Gasteiger partial charge in [-0.25, -0.2) is 0 Å². The SMILES string of the molecule is CCCCCCCCCCCC[NH+](CCCCCCCCCCCC)CCCCCCCCCCCC(C)(C)C.[Cl-]. The van der Waals surface area contributed by atoms with Crippen LogP contribution in [0.4, 0.5) is 0 Å². The summed E-state index contributed by atoms with van der Waals surface area (Å²) in [6, 6.07) is 0. The van der Waals surface area contributed by atoms with E-state index in [1.807, 2.05) is 4.90 Å². The van der Waals surface area contributed by atoms with Crippen LogP contribution in [0, 0.1) is 5.41 Å². The van der Waals surface area contributed by atoms with Gasteiger partial charge in [0.1, 0.15) is 0 Å². The van der Waals surface area contributed by atoms with Crippen LogP contribution in [0.25, 0.3) is 0 Å². The molecular formula is C39H82ClN. The van der Waals surface area contributed by atoms with Gasteiger partial charge in [0.2, 0.25) is 0 Å². The summed E-state index contributed by atoms with van der Waals surface area (Å²) in [5.74, 6) is 0. The molecule has 1 N–H and O–H groups in total. The smallest absolute Gasteiger partial charge is 0.0770 e. The quantitative estimate of drug-likeness (QED) is 0.0716. The minimum absolute atomic E-state index is 0. The zero-order valence-electron chi connectivity index (χ0n) is 29.7. The third kappa shape index (κ3) is 38.2.